The average molecular weight is 726 g/mol. The van der Waals surface area contributed by atoms with Crippen molar-refractivity contribution < 1.29 is 22.2 Å². The van der Waals surface area contributed by atoms with Crippen molar-refractivity contribution >= 4 is 21.9 Å². The summed E-state index contributed by atoms with van der Waals surface area (Å²) in [6, 6.07) is 0. The molecule has 0 radical (unpaired) electrons. The fourth-order valence-electron chi connectivity index (χ4n) is 6.89. The lowest BCUT2D eigenvalue weighted by molar-refractivity contribution is -0.843. The predicted molar refractivity (Wildman–Crippen MR) is 216 cm³/mol. The number of aliphatic imine (C=N–C) groups is 1. The third-order valence-electron chi connectivity index (χ3n) is 10.3. The molecule has 1 amide bonds. The first kappa shape index (κ1) is 48.8. The first-order chi connectivity index (χ1) is 24.0. The Morgan fingerprint density at radius 2 is 1.06 bits per heavy atom. The Hall–Kier alpha value is -1.25. The molecule has 1 heterocycles. The van der Waals surface area contributed by atoms with Crippen molar-refractivity contribution in [3.8, 4) is 0 Å². The number of allylic oxidation sites excluding steroid dienone is 2. The van der Waals surface area contributed by atoms with Crippen LogP contribution < -0.4 is 5.32 Å². The Labute approximate surface area is 311 Å². The highest BCUT2D eigenvalue weighted by molar-refractivity contribution is 7.84. The molecule has 0 bridgehead atoms. The molecule has 1 aliphatic rings. The third kappa shape index (κ3) is 31.5. The molecule has 0 aromatic heterocycles. The van der Waals surface area contributed by atoms with Crippen molar-refractivity contribution in [1.29, 1.82) is 0 Å². The molecule has 296 valence electrons. The van der Waals surface area contributed by atoms with Gasteiger partial charge in [0.05, 0.1) is 23.7 Å². The molecule has 2 unspecified atom stereocenters. The molecular weight excluding hydrogens is 643 g/mol. The Kier molecular flexibility index (Phi) is 32.7. The summed E-state index contributed by atoms with van der Waals surface area (Å²) in [5.41, 5.74) is 0. The number of hydrogen-bond donors (Lipinski definition) is 1. The van der Waals surface area contributed by atoms with E-state index in [1.165, 1.54) is 179 Å². The van der Waals surface area contributed by atoms with E-state index < -0.39 is 10.1 Å². The summed E-state index contributed by atoms with van der Waals surface area (Å²) >= 11 is 0. The molecule has 2 atom stereocenters. The first-order valence-corrected chi connectivity index (χ1v) is 23.1. The van der Waals surface area contributed by atoms with E-state index in [-0.39, 0.29) is 12.1 Å². The van der Waals surface area contributed by atoms with Crippen molar-refractivity contribution in [2.75, 3.05) is 26.4 Å². The summed E-state index contributed by atoms with van der Waals surface area (Å²) in [5.74, 6) is 1.52. The van der Waals surface area contributed by atoms with Gasteiger partial charge in [0.15, 0.2) is 12.0 Å². The molecule has 0 saturated carbocycles. The lowest BCUT2D eigenvalue weighted by Crippen LogP contribution is -2.60. The van der Waals surface area contributed by atoms with E-state index in [0.29, 0.717) is 12.7 Å². The summed E-state index contributed by atoms with van der Waals surface area (Å²) in [4.78, 5) is 17.6. The van der Waals surface area contributed by atoms with E-state index in [4.69, 9.17) is 18.0 Å². The molecule has 0 spiro atoms. The number of carbonyl (C=O) groups is 1. The van der Waals surface area contributed by atoms with Crippen LogP contribution in [-0.4, -0.2) is 61.8 Å². The highest BCUT2D eigenvalue weighted by Crippen LogP contribution is 2.21. The molecule has 0 aliphatic carbocycles. The van der Waals surface area contributed by atoms with E-state index in [9.17, 15) is 4.79 Å². The van der Waals surface area contributed by atoms with Crippen molar-refractivity contribution in [3.05, 3.63) is 12.2 Å². The van der Waals surface area contributed by atoms with Crippen LogP contribution in [0.25, 0.3) is 0 Å². The fraction of sp³-hybridized carbons (Fsp3) is 0.905. The van der Waals surface area contributed by atoms with E-state index >= 15 is 0 Å². The molecule has 50 heavy (non-hydrogen) atoms. The minimum Gasteiger partial charge on any atom is -0.748 e. The minimum atomic E-state index is -3.92. The smallest absolute Gasteiger partial charge is 0.224 e. The molecule has 0 fully saturated rings. The van der Waals surface area contributed by atoms with E-state index in [0.717, 1.165) is 30.4 Å². The van der Waals surface area contributed by atoms with Crippen LogP contribution in [0.3, 0.4) is 0 Å². The average Bonchev–Trinajstić information content (AvgIpc) is 3.45. The van der Waals surface area contributed by atoms with Crippen LogP contribution in [0.2, 0.25) is 0 Å². The Morgan fingerprint density at radius 1 is 0.700 bits per heavy atom. The van der Waals surface area contributed by atoms with Crippen LogP contribution in [0, 0.1) is 0 Å². The molecule has 1 rings (SSSR count). The Bertz CT molecular complexity index is 945. The Morgan fingerprint density at radius 3 is 1.48 bits per heavy atom. The summed E-state index contributed by atoms with van der Waals surface area (Å²) < 4.78 is 28.0. The van der Waals surface area contributed by atoms with Gasteiger partial charge in [-0.2, -0.15) is 0 Å². The van der Waals surface area contributed by atoms with Gasteiger partial charge in [0.2, 0.25) is 5.91 Å². The quantitative estimate of drug-likeness (QED) is 0.0315. The van der Waals surface area contributed by atoms with Gasteiger partial charge in [-0.15, -0.1) is 0 Å². The summed E-state index contributed by atoms with van der Waals surface area (Å²) in [7, 11) is -1.63. The number of hydrogen-bond acceptors (Lipinski definition) is 5. The van der Waals surface area contributed by atoms with Gasteiger partial charge < -0.3 is 9.87 Å². The Balaban J connectivity index is 0.00000445. The summed E-state index contributed by atoms with van der Waals surface area (Å²) in [6.07, 6.45) is 45.0. The second-order valence-corrected chi connectivity index (χ2v) is 16.7. The number of rotatable bonds is 33. The third-order valence-corrected chi connectivity index (χ3v) is 10.3. The number of unbranched alkanes of at least 4 members (excludes halogenated alkanes) is 25. The molecule has 1 aliphatic heterocycles. The van der Waals surface area contributed by atoms with Crippen molar-refractivity contribution in [2.24, 2.45) is 4.99 Å². The molecule has 0 aromatic rings. The second kappa shape index (κ2) is 33.6. The number of amidine groups is 1. The van der Waals surface area contributed by atoms with Gasteiger partial charge >= 0.3 is 0 Å². The SMILES string of the molecule is CCCCCCCC/C=C\CCCCCCCC(=O)NC(C)[N+]1(C)CCN=C1CCCCCCCCCCCCCCCCC.CS(=O)(=O)[O-]. The molecular formula is C42H83N3O4S. The number of quaternary nitrogens is 1. The maximum absolute atomic E-state index is 12.7. The molecule has 0 aromatic carbocycles. The molecule has 1 N–H and O–H groups in total. The van der Waals surface area contributed by atoms with Gasteiger partial charge in [0, 0.05) is 26.0 Å². The van der Waals surface area contributed by atoms with E-state index in [1.807, 2.05) is 0 Å². The largest absolute Gasteiger partial charge is 0.748 e. The van der Waals surface area contributed by atoms with Crippen LogP contribution in [0.1, 0.15) is 213 Å². The zero-order valence-electron chi connectivity index (χ0n) is 33.8. The van der Waals surface area contributed by atoms with Crippen LogP contribution in [0.15, 0.2) is 17.1 Å². The fourth-order valence-corrected chi connectivity index (χ4v) is 6.89. The van der Waals surface area contributed by atoms with Crippen LogP contribution in [0.4, 0.5) is 0 Å². The minimum absolute atomic E-state index is 0.109. The zero-order valence-corrected chi connectivity index (χ0v) is 34.6. The van der Waals surface area contributed by atoms with Gasteiger partial charge in [-0.05, 0) is 38.5 Å². The van der Waals surface area contributed by atoms with Crippen molar-refractivity contribution in [1.82, 2.24) is 5.32 Å². The highest BCUT2D eigenvalue weighted by Gasteiger charge is 2.39. The zero-order chi connectivity index (χ0) is 37.2. The van der Waals surface area contributed by atoms with Crippen molar-refractivity contribution in [3.63, 3.8) is 0 Å². The standard InChI is InChI=1S/C41H79N3O.CH4O3S/c1-5-7-9-11-13-15-17-19-21-23-25-27-29-31-33-35-40-42-37-38-44(40,4)39(3)43-41(45)36-34-32-30-28-26-24-22-20-18-16-14-12-10-8-6-2;1-5(2,3)4/h20,22,39H,5-19,21,23-38H2,1-4H3;1H3,(H,2,3,4)/b22-20-;. The lowest BCUT2D eigenvalue weighted by Gasteiger charge is -2.36. The highest BCUT2D eigenvalue weighted by atomic mass is 32.2. The topological polar surface area (TPSA) is 98.7 Å². The second-order valence-electron chi connectivity index (χ2n) is 15.3. The lowest BCUT2D eigenvalue weighted by atomic mass is 10.0. The van der Waals surface area contributed by atoms with E-state index in [2.05, 4.69) is 45.3 Å². The van der Waals surface area contributed by atoms with Gasteiger partial charge in [-0.3, -0.25) is 9.28 Å². The number of nitrogens with one attached hydrogen (secondary N) is 1. The normalized spacial score (nSPS) is 16.7. The number of carbonyl (C=O) groups excluding carboxylic acids is 1. The first-order valence-electron chi connectivity index (χ1n) is 21.3. The van der Waals surface area contributed by atoms with E-state index in [1.54, 1.807) is 0 Å². The van der Waals surface area contributed by atoms with Gasteiger partial charge in [0.1, 0.15) is 6.54 Å². The number of likely N-dealkylation sites (N-methyl/N-ethyl adjacent to an activating group) is 1. The maximum atomic E-state index is 12.7. The summed E-state index contributed by atoms with van der Waals surface area (Å²) in [5, 5.41) is 3.34. The number of nitrogens with zero attached hydrogens (tertiary/aromatic N) is 2. The van der Waals surface area contributed by atoms with Crippen LogP contribution >= 0.6 is 0 Å². The van der Waals surface area contributed by atoms with Crippen LogP contribution in [-0.2, 0) is 14.9 Å². The van der Waals surface area contributed by atoms with Crippen LogP contribution in [0.5, 0.6) is 0 Å². The maximum Gasteiger partial charge on any atom is 0.224 e. The van der Waals surface area contributed by atoms with Gasteiger partial charge in [0.25, 0.3) is 0 Å². The molecule has 8 heteroatoms. The number of amides is 1. The van der Waals surface area contributed by atoms with Gasteiger partial charge in [-0.1, -0.05) is 167 Å². The van der Waals surface area contributed by atoms with Crippen molar-refractivity contribution in [2.45, 2.75) is 220 Å². The predicted octanol–water partition coefficient (Wildman–Crippen LogP) is 11.8. The molecule has 7 nitrogen and oxygen atoms in total. The summed E-state index contributed by atoms with van der Waals surface area (Å²) in [6.45, 7) is 8.68. The monoisotopic (exact) mass is 726 g/mol. The molecule has 0 saturated heterocycles. The van der Waals surface area contributed by atoms with Gasteiger partial charge in [-0.25, -0.2) is 13.4 Å².